The molecule has 18 heavy (non-hydrogen) atoms. The van der Waals surface area contributed by atoms with Crippen molar-refractivity contribution in [2.75, 3.05) is 0 Å². The van der Waals surface area contributed by atoms with Gasteiger partial charge >= 0.3 is 0 Å². The van der Waals surface area contributed by atoms with Crippen LogP contribution in [0.1, 0.15) is 46.1 Å². The molecule has 1 aromatic rings. The maximum absolute atomic E-state index is 12.3. The fourth-order valence-electron chi connectivity index (χ4n) is 2.04. The number of amides is 1. The van der Waals surface area contributed by atoms with Gasteiger partial charge in [-0.15, -0.1) is 0 Å². The summed E-state index contributed by atoms with van der Waals surface area (Å²) in [6.07, 6.45) is 1.96. The molecule has 0 aliphatic heterocycles. The lowest BCUT2D eigenvalue weighted by Crippen LogP contribution is -2.55. The number of carbonyl (C=O) groups is 1. The highest BCUT2D eigenvalue weighted by Crippen LogP contribution is 2.20. The predicted octanol–water partition coefficient (Wildman–Crippen LogP) is 2.56. The van der Waals surface area contributed by atoms with Crippen molar-refractivity contribution in [1.82, 2.24) is 5.32 Å². The van der Waals surface area contributed by atoms with Gasteiger partial charge in [0.25, 0.3) is 0 Å². The fraction of sp³-hybridized carbons (Fsp3) is 0.533. The van der Waals surface area contributed by atoms with E-state index in [1.165, 1.54) is 0 Å². The third kappa shape index (κ3) is 3.57. The van der Waals surface area contributed by atoms with E-state index in [9.17, 15) is 4.79 Å². The van der Waals surface area contributed by atoms with Crippen LogP contribution in [-0.4, -0.2) is 11.4 Å². The topological polar surface area (TPSA) is 55.1 Å². The monoisotopic (exact) mass is 248 g/mol. The van der Waals surface area contributed by atoms with E-state index in [0.717, 1.165) is 18.4 Å². The molecule has 100 valence electrons. The molecule has 1 atom stereocenters. The van der Waals surface area contributed by atoms with Crippen LogP contribution in [0.25, 0.3) is 0 Å². The Morgan fingerprint density at radius 2 is 1.78 bits per heavy atom. The fourth-order valence-corrected chi connectivity index (χ4v) is 2.04. The van der Waals surface area contributed by atoms with Gasteiger partial charge in [-0.1, -0.05) is 43.7 Å². The number of benzene rings is 1. The van der Waals surface area contributed by atoms with Crippen molar-refractivity contribution in [2.45, 2.75) is 51.6 Å². The first-order valence-corrected chi connectivity index (χ1v) is 6.46. The van der Waals surface area contributed by atoms with Crippen LogP contribution in [0.15, 0.2) is 30.3 Å². The standard InChI is InChI=1S/C15H24N2O/c1-5-11-14(2,3)17-13(18)15(4,16)12-9-7-6-8-10-12/h6-10H,5,11,16H2,1-4H3,(H,17,18). The van der Waals surface area contributed by atoms with Gasteiger partial charge in [-0.2, -0.15) is 0 Å². The van der Waals surface area contributed by atoms with Crippen LogP contribution >= 0.6 is 0 Å². The Morgan fingerprint density at radius 3 is 2.28 bits per heavy atom. The van der Waals surface area contributed by atoms with E-state index in [4.69, 9.17) is 5.73 Å². The Bertz CT molecular complexity index is 396. The molecule has 0 aliphatic rings. The van der Waals surface area contributed by atoms with Crippen molar-refractivity contribution in [2.24, 2.45) is 5.73 Å². The third-order valence-electron chi connectivity index (χ3n) is 3.17. The van der Waals surface area contributed by atoms with Gasteiger partial charge in [-0.3, -0.25) is 4.79 Å². The zero-order valence-electron chi connectivity index (χ0n) is 11.8. The van der Waals surface area contributed by atoms with Crippen molar-refractivity contribution >= 4 is 5.91 Å². The Kier molecular flexibility index (Phi) is 4.52. The number of hydrogen-bond acceptors (Lipinski definition) is 2. The lowest BCUT2D eigenvalue weighted by Gasteiger charge is -2.32. The van der Waals surface area contributed by atoms with Crippen molar-refractivity contribution in [3.63, 3.8) is 0 Å². The van der Waals surface area contributed by atoms with Crippen LogP contribution in [0.3, 0.4) is 0 Å². The summed E-state index contributed by atoms with van der Waals surface area (Å²) in [5, 5.41) is 3.03. The van der Waals surface area contributed by atoms with Gasteiger partial charge in [0.05, 0.1) is 0 Å². The number of rotatable bonds is 5. The number of hydrogen-bond donors (Lipinski definition) is 2. The predicted molar refractivity (Wildman–Crippen MR) is 75.1 cm³/mol. The molecule has 3 N–H and O–H groups in total. The maximum atomic E-state index is 12.3. The SMILES string of the molecule is CCCC(C)(C)NC(=O)C(C)(N)c1ccccc1. The minimum atomic E-state index is -0.994. The summed E-state index contributed by atoms with van der Waals surface area (Å²) in [5.74, 6) is -0.132. The number of carbonyl (C=O) groups excluding carboxylic acids is 1. The average Bonchev–Trinajstić information content (AvgIpc) is 2.29. The van der Waals surface area contributed by atoms with Crippen LogP contribution in [-0.2, 0) is 10.3 Å². The van der Waals surface area contributed by atoms with Crippen LogP contribution in [0.5, 0.6) is 0 Å². The normalized spacial score (nSPS) is 14.9. The molecule has 0 saturated carbocycles. The molecule has 0 aliphatic carbocycles. The quantitative estimate of drug-likeness (QED) is 0.841. The minimum Gasteiger partial charge on any atom is -0.349 e. The first kappa shape index (κ1) is 14.7. The summed E-state index contributed by atoms with van der Waals surface area (Å²) < 4.78 is 0. The van der Waals surface area contributed by atoms with Gasteiger partial charge in [0.15, 0.2) is 0 Å². The lowest BCUT2D eigenvalue weighted by atomic mass is 9.90. The maximum Gasteiger partial charge on any atom is 0.244 e. The molecule has 0 bridgehead atoms. The summed E-state index contributed by atoms with van der Waals surface area (Å²) in [5.41, 5.74) is 5.79. The molecule has 0 saturated heterocycles. The molecular weight excluding hydrogens is 224 g/mol. The van der Waals surface area contributed by atoms with Crippen molar-refractivity contribution < 1.29 is 4.79 Å². The Morgan fingerprint density at radius 1 is 1.22 bits per heavy atom. The Labute approximate surface area is 110 Å². The van der Waals surface area contributed by atoms with Gasteiger partial charge in [0.2, 0.25) is 5.91 Å². The van der Waals surface area contributed by atoms with E-state index in [2.05, 4.69) is 12.2 Å². The van der Waals surface area contributed by atoms with Crippen LogP contribution in [0.4, 0.5) is 0 Å². The summed E-state index contributed by atoms with van der Waals surface area (Å²) >= 11 is 0. The van der Waals surface area contributed by atoms with E-state index in [1.807, 2.05) is 44.2 Å². The van der Waals surface area contributed by atoms with Crippen LogP contribution in [0.2, 0.25) is 0 Å². The summed E-state index contributed by atoms with van der Waals surface area (Å²) in [6, 6.07) is 9.47. The van der Waals surface area contributed by atoms with Gasteiger partial charge in [-0.05, 0) is 32.8 Å². The molecular formula is C15H24N2O. The zero-order valence-corrected chi connectivity index (χ0v) is 11.8. The van der Waals surface area contributed by atoms with Crippen LogP contribution in [0, 0.1) is 0 Å². The molecule has 0 fully saturated rings. The highest BCUT2D eigenvalue weighted by Gasteiger charge is 2.33. The van der Waals surface area contributed by atoms with Gasteiger partial charge in [0.1, 0.15) is 5.54 Å². The highest BCUT2D eigenvalue weighted by atomic mass is 16.2. The molecule has 0 radical (unpaired) electrons. The van der Waals surface area contributed by atoms with E-state index < -0.39 is 5.54 Å². The minimum absolute atomic E-state index is 0.132. The number of nitrogens with one attached hydrogen (secondary N) is 1. The molecule has 1 aromatic carbocycles. The molecule has 1 unspecified atom stereocenters. The van der Waals surface area contributed by atoms with Crippen molar-refractivity contribution in [1.29, 1.82) is 0 Å². The second-order valence-electron chi connectivity index (χ2n) is 5.66. The van der Waals surface area contributed by atoms with Crippen molar-refractivity contribution in [3.8, 4) is 0 Å². The third-order valence-corrected chi connectivity index (χ3v) is 3.17. The second kappa shape index (κ2) is 5.53. The Hall–Kier alpha value is -1.35. The largest absolute Gasteiger partial charge is 0.349 e. The van der Waals surface area contributed by atoms with E-state index in [0.29, 0.717) is 0 Å². The molecule has 1 amide bonds. The molecule has 3 heteroatoms. The van der Waals surface area contributed by atoms with Gasteiger partial charge in [-0.25, -0.2) is 0 Å². The summed E-state index contributed by atoms with van der Waals surface area (Å²) in [4.78, 5) is 12.3. The summed E-state index contributed by atoms with van der Waals surface area (Å²) in [6.45, 7) is 7.90. The highest BCUT2D eigenvalue weighted by molar-refractivity contribution is 5.87. The molecule has 1 rings (SSSR count). The van der Waals surface area contributed by atoms with Gasteiger partial charge in [0, 0.05) is 5.54 Å². The smallest absolute Gasteiger partial charge is 0.244 e. The van der Waals surface area contributed by atoms with Crippen LogP contribution < -0.4 is 11.1 Å². The first-order valence-electron chi connectivity index (χ1n) is 6.46. The molecule has 0 heterocycles. The second-order valence-corrected chi connectivity index (χ2v) is 5.66. The molecule has 0 spiro atoms. The Balaban J connectivity index is 2.83. The lowest BCUT2D eigenvalue weighted by molar-refractivity contribution is -0.127. The van der Waals surface area contributed by atoms with E-state index >= 15 is 0 Å². The van der Waals surface area contributed by atoms with Gasteiger partial charge < -0.3 is 11.1 Å². The average molecular weight is 248 g/mol. The first-order chi connectivity index (χ1) is 8.29. The summed E-state index contributed by atoms with van der Waals surface area (Å²) in [7, 11) is 0. The van der Waals surface area contributed by atoms with E-state index in [1.54, 1.807) is 6.92 Å². The number of nitrogens with two attached hydrogens (primary N) is 1. The molecule has 0 aromatic heterocycles. The van der Waals surface area contributed by atoms with E-state index in [-0.39, 0.29) is 11.4 Å². The molecule has 3 nitrogen and oxygen atoms in total. The zero-order chi connectivity index (χ0) is 13.8. The van der Waals surface area contributed by atoms with Crippen molar-refractivity contribution in [3.05, 3.63) is 35.9 Å².